The molecule has 0 N–H and O–H groups in total. The van der Waals surface area contributed by atoms with Crippen molar-refractivity contribution in [2.45, 2.75) is 99.3 Å². The van der Waals surface area contributed by atoms with Crippen molar-refractivity contribution in [2.75, 3.05) is 0 Å². The predicted octanol–water partition coefficient (Wildman–Crippen LogP) is 7.27. The minimum absolute atomic E-state index is 0.0143. The fourth-order valence-electron chi connectivity index (χ4n) is 9.02. The summed E-state index contributed by atoms with van der Waals surface area (Å²) in [6.07, 6.45) is 14.4. The van der Waals surface area contributed by atoms with E-state index >= 15 is 0 Å². The lowest BCUT2D eigenvalue weighted by Gasteiger charge is -2.59. The Bertz CT molecular complexity index is 735. The van der Waals surface area contributed by atoms with Gasteiger partial charge in [0.1, 0.15) is 11.6 Å². The summed E-state index contributed by atoms with van der Waals surface area (Å²) in [6.45, 7) is 14.4. The molecule has 174 valence electrons. The van der Waals surface area contributed by atoms with Gasteiger partial charge in [0.25, 0.3) is 0 Å². The number of ketones is 2. The molecule has 4 aliphatic rings. The molecule has 31 heavy (non-hydrogen) atoms. The third-order valence-electron chi connectivity index (χ3n) is 11.0. The summed E-state index contributed by atoms with van der Waals surface area (Å²) < 4.78 is 0. The van der Waals surface area contributed by atoms with Crippen LogP contribution < -0.4 is 0 Å². The van der Waals surface area contributed by atoms with Crippen LogP contribution in [0.1, 0.15) is 99.3 Å². The molecule has 0 radical (unpaired) electrons. The van der Waals surface area contributed by atoms with E-state index in [9.17, 15) is 9.59 Å². The molecule has 2 nitrogen and oxygen atoms in total. The second-order valence-electron chi connectivity index (χ2n) is 12.6. The molecular formula is C29H46O2. The van der Waals surface area contributed by atoms with Crippen molar-refractivity contribution in [2.24, 2.45) is 58.2 Å². The first-order valence-corrected chi connectivity index (χ1v) is 13.3. The molecule has 0 aromatic heterocycles. The smallest absolute Gasteiger partial charge is 0.137 e. The van der Waals surface area contributed by atoms with E-state index in [2.05, 4.69) is 53.7 Å². The van der Waals surface area contributed by atoms with Gasteiger partial charge in [-0.1, -0.05) is 53.7 Å². The summed E-state index contributed by atoms with van der Waals surface area (Å²) in [5.74, 6) is 5.41. The highest BCUT2D eigenvalue weighted by Gasteiger charge is 2.62. The third-order valence-corrected chi connectivity index (χ3v) is 11.0. The lowest BCUT2D eigenvalue weighted by Crippen LogP contribution is -2.56. The van der Waals surface area contributed by atoms with Gasteiger partial charge in [0.05, 0.1) is 0 Å². The van der Waals surface area contributed by atoms with Crippen LogP contribution in [0.3, 0.4) is 0 Å². The minimum Gasteiger partial charge on any atom is -0.300 e. The van der Waals surface area contributed by atoms with Gasteiger partial charge in [-0.25, -0.2) is 0 Å². The second kappa shape index (κ2) is 8.45. The molecule has 0 unspecified atom stereocenters. The first kappa shape index (κ1) is 23.2. The zero-order valence-corrected chi connectivity index (χ0v) is 21.0. The first-order valence-electron chi connectivity index (χ1n) is 13.3. The number of carbonyl (C=O) groups excluding carboxylic acids is 2. The highest BCUT2D eigenvalue weighted by molar-refractivity contribution is 5.90. The van der Waals surface area contributed by atoms with Crippen LogP contribution in [-0.2, 0) is 9.59 Å². The number of hydrogen-bond donors (Lipinski definition) is 0. The van der Waals surface area contributed by atoms with E-state index in [1.165, 1.54) is 32.1 Å². The summed E-state index contributed by atoms with van der Waals surface area (Å²) in [4.78, 5) is 25.4. The largest absolute Gasteiger partial charge is 0.300 e. The van der Waals surface area contributed by atoms with Crippen LogP contribution in [0.4, 0.5) is 0 Å². The average Bonchev–Trinajstić information content (AvgIpc) is 3.07. The Morgan fingerprint density at radius 1 is 0.935 bits per heavy atom. The molecule has 4 saturated carbocycles. The number of fused-ring (bicyclic) bond motifs is 5. The van der Waals surface area contributed by atoms with Crippen molar-refractivity contribution < 1.29 is 9.59 Å². The van der Waals surface area contributed by atoms with Gasteiger partial charge in [0, 0.05) is 25.2 Å². The fraction of sp³-hybridized carbons (Fsp3) is 0.862. The van der Waals surface area contributed by atoms with Crippen LogP contribution in [-0.4, -0.2) is 11.6 Å². The molecule has 0 amide bonds. The van der Waals surface area contributed by atoms with E-state index in [0.29, 0.717) is 65.3 Å². The van der Waals surface area contributed by atoms with E-state index < -0.39 is 0 Å². The first-order chi connectivity index (χ1) is 14.6. The lowest BCUT2D eigenvalue weighted by molar-refractivity contribution is -0.158. The Kier molecular flexibility index (Phi) is 6.34. The van der Waals surface area contributed by atoms with Crippen LogP contribution in [0.15, 0.2) is 12.2 Å². The maximum Gasteiger partial charge on any atom is 0.137 e. The zero-order chi connectivity index (χ0) is 22.6. The third kappa shape index (κ3) is 3.78. The van der Waals surface area contributed by atoms with Crippen LogP contribution in [0, 0.1) is 58.2 Å². The Hall–Kier alpha value is -0.920. The predicted molar refractivity (Wildman–Crippen MR) is 128 cm³/mol. The van der Waals surface area contributed by atoms with E-state index in [1.807, 2.05) is 0 Å². The minimum atomic E-state index is 0.0143. The molecule has 4 aliphatic carbocycles. The molecule has 0 aromatic carbocycles. The van der Waals surface area contributed by atoms with Crippen molar-refractivity contribution in [3.63, 3.8) is 0 Å². The van der Waals surface area contributed by atoms with Gasteiger partial charge in [-0.3, -0.25) is 9.59 Å². The quantitative estimate of drug-likeness (QED) is 0.433. The number of carbonyl (C=O) groups is 2. The molecule has 0 saturated heterocycles. The molecule has 9 atom stereocenters. The van der Waals surface area contributed by atoms with Crippen molar-refractivity contribution in [1.82, 2.24) is 0 Å². The van der Waals surface area contributed by atoms with Crippen molar-refractivity contribution in [3.05, 3.63) is 12.2 Å². The molecule has 0 aliphatic heterocycles. The van der Waals surface area contributed by atoms with E-state index in [0.717, 1.165) is 18.8 Å². The standard InChI is InChI=1S/C29H46O2/c1-7-20(18(2)3)9-8-19(4)23-10-11-24-22-17-27(31)26-16-21(30)12-14-29(26,6)25(22)13-15-28(23,24)5/h8-9,18-20,22-26H,7,10-17H2,1-6H3/t19-,20-,22+,23-,24+,25+,26-,28-,29-/m1/s1. The summed E-state index contributed by atoms with van der Waals surface area (Å²) in [7, 11) is 0. The highest BCUT2D eigenvalue weighted by atomic mass is 16.1. The maximum atomic E-state index is 13.3. The van der Waals surface area contributed by atoms with Crippen molar-refractivity contribution in [1.29, 1.82) is 0 Å². The normalized spacial score (nSPS) is 44.8. The van der Waals surface area contributed by atoms with Gasteiger partial charge >= 0.3 is 0 Å². The van der Waals surface area contributed by atoms with Gasteiger partial charge in [-0.2, -0.15) is 0 Å². The molecule has 2 heteroatoms. The van der Waals surface area contributed by atoms with Gasteiger partial charge < -0.3 is 0 Å². The topological polar surface area (TPSA) is 34.1 Å². The average molecular weight is 427 g/mol. The van der Waals surface area contributed by atoms with Crippen LogP contribution in [0.5, 0.6) is 0 Å². The SMILES string of the molecule is CC[C@H](C=C[C@@H](C)[C@H]1CC[C@H]2[C@@H]3CC(=O)[C@H]4CC(=O)CC[C@]4(C)[C@H]3CC[C@]12C)C(C)C. The Balaban J connectivity index is 1.54. The van der Waals surface area contributed by atoms with Crippen molar-refractivity contribution >= 4 is 11.6 Å². The number of allylic oxidation sites excluding steroid dienone is 2. The van der Waals surface area contributed by atoms with Crippen LogP contribution in [0.25, 0.3) is 0 Å². The Morgan fingerprint density at radius 2 is 1.65 bits per heavy atom. The van der Waals surface area contributed by atoms with E-state index in [-0.39, 0.29) is 11.3 Å². The summed E-state index contributed by atoms with van der Waals surface area (Å²) in [5.41, 5.74) is 0.447. The summed E-state index contributed by atoms with van der Waals surface area (Å²) in [5, 5.41) is 0. The maximum absolute atomic E-state index is 13.3. The fourth-order valence-corrected chi connectivity index (χ4v) is 9.02. The summed E-state index contributed by atoms with van der Waals surface area (Å²) in [6, 6.07) is 0. The molecule has 0 bridgehead atoms. The number of hydrogen-bond acceptors (Lipinski definition) is 2. The van der Waals surface area contributed by atoms with Crippen molar-refractivity contribution in [3.8, 4) is 0 Å². The number of Topliss-reactive ketones (excluding diaryl/α,β-unsaturated/α-hetero) is 2. The van der Waals surface area contributed by atoms with Crippen LogP contribution >= 0.6 is 0 Å². The second-order valence-corrected chi connectivity index (χ2v) is 12.6. The number of rotatable bonds is 5. The molecule has 4 fully saturated rings. The zero-order valence-electron chi connectivity index (χ0n) is 21.0. The Labute approximate surface area is 191 Å². The van der Waals surface area contributed by atoms with E-state index in [1.54, 1.807) is 0 Å². The van der Waals surface area contributed by atoms with Gasteiger partial charge in [-0.15, -0.1) is 0 Å². The lowest BCUT2D eigenvalue weighted by atomic mass is 9.44. The molecule has 4 rings (SSSR count). The molecule has 0 aromatic rings. The highest BCUT2D eigenvalue weighted by Crippen LogP contribution is 2.67. The molecular weight excluding hydrogens is 380 g/mol. The monoisotopic (exact) mass is 426 g/mol. The molecule has 0 spiro atoms. The van der Waals surface area contributed by atoms with Gasteiger partial charge in [0.15, 0.2) is 0 Å². The summed E-state index contributed by atoms with van der Waals surface area (Å²) >= 11 is 0. The molecule has 0 heterocycles. The van der Waals surface area contributed by atoms with Gasteiger partial charge in [0.2, 0.25) is 0 Å². The van der Waals surface area contributed by atoms with Crippen LogP contribution in [0.2, 0.25) is 0 Å². The van der Waals surface area contributed by atoms with Gasteiger partial charge in [-0.05, 0) is 90.8 Å². The van der Waals surface area contributed by atoms with E-state index in [4.69, 9.17) is 0 Å². The Morgan fingerprint density at radius 3 is 2.32 bits per heavy atom.